The summed E-state index contributed by atoms with van der Waals surface area (Å²) in [5, 5.41) is 3.11. The Hall–Kier alpha value is -2.65. The number of ether oxygens (including phenoxy) is 1. The molecule has 0 bridgehead atoms. The molecular formula is C24H28FN3O4S. The summed E-state index contributed by atoms with van der Waals surface area (Å²) < 4.78 is 48.3. The van der Waals surface area contributed by atoms with Crippen LogP contribution in [0.4, 0.5) is 15.8 Å². The molecule has 2 aromatic carbocycles. The first-order chi connectivity index (χ1) is 15.7. The fourth-order valence-electron chi connectivity index (χ4n) is 5.30. The van der Waals surface area contributed by atoms with Gasteiger partial charge < -0.3 is 15.0 Å². The number of hydrogen-bond donors (Lipinski definition) is 2. The number of sulfonamides is 1. The van der Waals surface area contributed by atoms with Crippen LogP contribution in [0.5, 0.6) is 5.75 Å². The smallest absolute Gasteiger partial charge is 0.264 e. The zero-order valence-electron chi connectivity index (χ0n) is 18.8. The molecule has 2 aliphatic heterocycles. The number of hydrogen-bond acceptors (Lipinski definition) is 5. The standard InChI is InChI=1S/C24H28FN3O4S/c1-28-10-6-15(7-11-28)18-12-16(13-19-22(18)26-23(29)24(19)8-3-9-24)27-33(30,31)21-5-4-17(32-2)14-20(21)25/h4-5,12-15,27H,3,6-11H2,1-2H3,(H,26,29). The summed E-state index contributed by atoms with van der Waals surface area (Å²) in [5.74, 6) is -0.428. The third-order valence-corrected chi connectivity index (χ3v) is 8.82. The highest BCUT2D eigenvalue weighted by atomic mass is 32.2. The van der Waals surface area contributed by atoms with E-state index >= 15 is 0 Å². The summed E-state index contributed by atoms with van der Waals surface area (Å²) in [7, 11) is -0.702. The number of carbonyl (C=O) groups is 1. The van der Waals surface area contributed by atoms with Gasteiger partial charge in [-0.1, -0.05) is 6.42 Å². The lowest BCUT2D eigenvalue weighted by atomic mass is 9.65. The third kappa shape index (κ3) is 3.67. The number of piperidine rings is 1. The molecule has 1 spiro atoms. The molecule has 2 N–H and O–H groups in total. The van der Waals surface area contributed by atoms with E-state index in [1.807, 2.05) is 6.07 Å². The van der Waals surface area contributed by atoms with Gasteiger partial charge >= 0.3 is 0 Å². The maximum absolute atomic E-state index is 14.5. The molecule has 0 unspecified atom stereocenters. The fourth-order valence-corrected chi connectivity index (χ4v) is 6.40. The number of methoxy groups -OCH3 is 1. The maximum Gasteiger partial charge on any atom is 0.264 e. The largest absolute Gasteiger partial charge is 0.497 e. The summed E-state index contributed by atoms with van der Waals surface area (Å²) in [5.41, 5.74) is 2.45. The number of likely N-dealkylation sites (tertiary alicyclic amines) is 1. The number of nitrogens with zero attached hydrogens (tertiary/aromatic N) is 1. The van der Waals surface area contributed by atoms with E-state index in [9.17, 15) is 17.6 Å². The van der Waals surface area contributed by atoms with Crippen molar-refractivity contribution in [2.75, 3.05) is 37.3 Å². The molecule has 1 amide bonds. The monoisotopic (exact) mass is 473 g/mol. The maximum atomic E-state index is 14.5. The number of amides is 1. The van der Waals surface area contributed by atoms with Crippen LogP contribution in [0, 0.1) is 5.82 Å². The Balaban J connectivity index is 1.56. The summed E-state index contributed by atoms with van der Waals surface area (Å²) in [6, 6.07) is 7.22. The van der Waals surface area contributed by atoms with E-state index in [4.69, 9.17) is 4.74 Å². The van der Waals surface area contributed by atoms with Crippen LogP contribution in [0.3, 0.4) is 0 Å². The van der Waals surface area contributed by atoms with Crippen LogP contribution in [0.15, 0.2) is 35.2 Å². The first kappa shape index (κ1) is 22.2. The number of carbonyl (C=O) groups excluding carboxylic acids is 1. The van der Waals surface area contributed by atoms with Crippen LogP contribution < -0.4 is 14.8 Å². The van der Waals surface area contributed by atoms with E-state index in [1.54, 1.807) is 6.07 Å². The van der Waals surface area contributed by atoms with Crippen molar-refractivity contribution >= 4 is 27.3 Å². The van der Waals surface area contributed by atoms with Gasteiger partial charge in [0.2, 0.25) is 5.91 Å². The average molecular weight is 474 g/mol. The first-order valence-corrected chi connectivity index (χ1v) is 12.8. The van der Waals surface area contributed by atoms with Crippen molar-refractivity contribution in [1.82, 2.24) is 4.90 Å². The highest BCUT2D eigenvalue weighted by Gasteiger charge is 2.52. The van der Waals surface area contributed by atoms with E-state index in [0.29, 0.717) is 5.69 Å². The van der Waals surface area contributed by atoms with Crippen LogP contribution >= 0.6 is 0 Å². The molecule has 0 radical (unpaired) electrons. The number of nitrogens with one attached hydrogen (secondary N) is 2. The molecule has 2 heterocycles. The number of benzene rings is 2. The van der Waals surface area contributed by atoms with Gasteiger partial charge in [-0.25, -0.2) is 12.8 Å². The van der Waals surface area contributed by atoms with Gasteiger partial charge in [0.15, 0.2) is 0 Å². The lowest BCUT2D eigenvalue weighted by molar-refractivity contribution is -0.123. The zero-order valence-corrected chi connectivity index (χ0v) is 19.6. The number of halogens is 1. The molecule has 0 atom stereocenters. The van der Waals surface area contributed by atoms with Crippen LogP contribution in [0.1, 0.15) is 49.1 Å². The van der Waals surface area contributed by atoms with Crippen molar-refractivity contribution in [3.63, 3.8) is 0 Å². The van der Waals surface area contributed by atoms with Crippen molar-refractivity contribution in [3.8, 4) is 5.75 Å². The van der Waals surface area contributed by atoms with E-state index in [-0.39, 0.29) is 17.6 Å². The van der Waals surface area contributed by atoms with Gasteiger partial charge in [-0.15, -0.1) is 0 Å². The van der Waals surface area contributed by atoms with E-state index in [1.165, 1.54) is 19.2 Å². The second kappa shape index (κ2) is 7.99. The van der Waals surface area contributed by atoms with Crippen molar-refractivity contribution in [3.05, 3.63) is 47.3 Å². The quantitative estimate of drug-likeness (QED) is 0.689. The van der Waals surface area contributed by atoms with Gasteiger partial charge in [-0.2, -0.15) is 0 Å². The molecule has 1 aliphatic carbocycles. The lowest BCUT2D eigenvalue weighted by Crippen LogP contribution is -2.40. The van der Waals surface area contributed by atoms with Crippen molar-refractivity contribution in [2.45, 2.75) is 48.3 Å². The van der Waals surface area contributed by atoms with Gasteiger partial charge in [0, 0.05) is 17.4 Å². The van der Waals surface area contributed by atoms with Crippen LogP contribution in [-0.4, -0.2) is 46.5 Å². The molecule has 0 aromatic heterocycles. The number of rotatable bonds is 5. The normalized spacial score (nSPS) is 20.3. The Labute approximate surface area is 193 Å². The topological polar surface area (TPSA) is 87.7 Å². The van der Waals surface area contributed by atoms with E-state index < -0.39 is 26.2 Å². The second-order valence-electron chi connectivity index (χ2n) is 9.36. The second-order valence-corrected chi connectivity index (χ2v) is 11.0. The van der Waals surface area contributed by atoms with Crippen LogP contribution in [0.25, 0.3) is 0 Å². The van der Waals surface area contributed by atoms with Crippen molar-refractivity contribution in [2.24, 2.45) is 0 Å². The van der Waals surface area contributed by atoms with Gasteiger partial charge in [-0.05, 0) is 87.1 Å². The molecular weight excluding hydrogens is 445 g/mol. The molecule has 2 fully saturated rings. The third-order valence-electron chi connectivity index (χ3n) is 7.40. The van der Waals surface area contributed by atoms with Gasteiger partial charge in [0.05, 0.1) is 12.5 Å². The Bertz CT molecular complexity index is 1220. The summed E-state index contributed by atoms with van der Waals surface area (Å²) in [4.78, 5) is 14.7. The van der Waals surface area contributed by atoms with Crippen molar-refractivity contribution in [1.29, 1.82) is 0 Å². The molecule has 9 heteroatoms. The van der Waals surface area contributed by atoms with Crippen molar-refractivity contribution < 1.29 is 22.3 Å². The van der Waals surface area contributed by atoms with Gasteiger partial charge in [0.1, 0.15) is 16.5 Å². The Morgan fingerprint density at radius 3 is 2.52 bits per heavy atom. The minimum Gasteiger partial charge on any atom is -0.497 e. The molecule has 2 aromatic rings. The van der Waals surface area contributed by atoms with Gasteiger partial charge in [0.25, 0.3) is 10.0 Å². The highest BCUT2D eigenvalue weighted by Crippen LogP contribution is 2.54. The first-order valence-electron chi connectivity index (χ1n) is 11.3. The molecule has 1 saturated heterocycles. The van der Waals surface area contributed by atoms with Crippen LogP contribution in [0.2, 0.25) is 0 Å². The fraction of sp³-hybridized carbons (Fsp3) is 0.458. The summed E-state index contributed by atoms with van der Waals surface area (Å²) >= 11 is 0. The van der Waals surface area contributed by atoms with Crippen LogP contribution in [-0.2, 0) is 20.2 Å². The van der Waals surface area contributed by atoms with E-state index in [0.717, 1.165) is 68.1 Å². The highest BCUT2D eigenvalue weighted by molar-refractivity contribution is 7.92. The molecule has 5 rings (SSSR count). The summed E-state index contributed by atoms with van der Waals surface area (Å²) in [6.45, 7) is 1.87. The van der Waals surface area contributed by atoms with E-state index in [2.05, 4.69) is 22.0 Å². The lowest BCUT2D eigenvalue weighted by Gasteiger charge is -2.36. The molecule has 1 saturated carbocycles. The molecule has 7 nitrogen and oxygen atoms in total. The minimum atomic E-state index is -4.18. The van der Waals surface area contributed by atoms with Gasteiger partial charge in [-0.3, -0.25) is 9.52 Å². The molecule has 176 valence electrons. The SMILES string of the molecule is COc1ccc(S(=O)(=O)Nc2cc(C3CCN(C)CC3)c3c(c2)C2(CCC2)C(=O)N3)c(F)c1. The Morgan fingerprint density at radius 2 is 1.91 bits per heavy atom. The zero-order chi connectivity index (χ0) is 23.4. The molecule has 33 heavy (non-hydrogen) atoms. The minimum absolute atomic E-state index is 0.000802. The Morgan fingerprint density at radius 1 is 1.18 bits per heavy atom. The average Bonchev–Trinajstić information content (AvgIpc) is 3.05. The summed E-state index contributed by atoms with van der Waals surface area (Å²) in [6.07, 6.45) is 4.32. The molecule has 3 aliphatic rings. The predicted molar refractivity (Wildman–Crippen MR) is 124 cm³/mol. The number of anilines is 2. The predicted octanol–water partition coefficient (Wildman–Crippen LogP) is 3.82. The number of fused-ring (bicyclic) bond motifs is 2. The Kier molecular flexibility index (Phi) is 5.36.